The SMILES string of the molecule is CC(=O)N(C)[P+](C)(O)CS. The van der Waals surface area contributed by atoms with Gasteiger partial charge in [0.15, 0.2) is 0 Å². The third-order valence-electron chi connectivity index (χ3n) is 1.37. The summed E-state index contributed by atoms with van der Waals surface area (Å²) >= 11 is 3.94. The van der Waals surface area contributed by atoms with Crippen LogP contribution in [0.4, 0.5) is 0 Å². The van der Waals surface area contributed by atoms with Gasteiger partial charge in [0.05, 0.1) is 6.66 Å². The number of amides is 1. The molecule has 0 aliphatic heterocycles. The lowest BCUT2D eigenvalue weighted by atomic mass is 10.7. The number of carbonyl (C=O) groups excluding carboxylic acids is 1. The monoisotopic (exact) mass is 182 g/mol. The molecule has 1 atom stereocenters. The zero-order valence-corrected chi connectivity index (χ0v) is 8.19. The summed E-state index contributed by atoms with van der Waals surface area (Å²) in [6, 6.07) is 0. The van der Waals surface area contributed by atoms with Gasteiger partial charge < -0.3 is 0 Å². The van der Waals surface area contributed by atoms with Crippen LogP contribution in [0, 0.1) is 0 Å². The molecule has 0 saturated heterocycles. The highest BCUT2D eigenvalue weighted by atomic mass is 32.1. The summed E-state index contributed by atoms with van der Waals surface area (Å²) in [4.78, 5) is 20.2. The van der Waals surface area contributed by atoms with Crippen LogP contribution < -0.4 is 0 Å². The van der Waals surface area contributed by atoms with E-state index < -0.39 is 7.64 Å². The van der Waals surface area contributed by atoms with E-state index in [-0.39, 0.29) is 5.91 Å². The number of carbonyl (C=O) groups is 1. The molecule has 0 aliphatic rings. The van der Waals surface area contributed by atoms with Gasteiger partial charge in [0.2, 0.25) is 7.64 Å². The van der Waals surface area contributed by atoms with E-state index in [4.69, 9.17) is 0 Å². The first-order valence-corrected chi connectivity index (χ1v) is 5.81. The van der Waals surface area contributed by atoms with E-state index in [2.05, 4.69) is 12.6 Å². The number of hydrogen-bond donors (Lipinski definition) is 2. The van der Waals surface area contributed by atoms with Crippen LogP contribution in [0.5, 0.6) is 0 Å². The summed E-state index contributed by atoms with van der Waals surface area (Å²) in [5.41, 5.74) is 0.350. The molecular formula is C5H13NO2PS+. The Morgan fingerprint density at radius 1 is 1.80 bits per heavy atom. The van der Waals surface area contributed by atoms with Crippen LogP contribution in [0.2, 0.25) is 0 Å². The van der Waals surface area contributed by atoms with Gasteiger partial charge in [-0.05, 0) is 0 Å². The number of hydrogen-bond acceptors (Lipinski definition) is 3. The topological polar surface area (TPSA) is 40.5 Å². The van der Waals surface area contributed by atoms with Crippen LogP contribution in [0.1, 0.15) is 6.92 Å². The lowest BCUT2D eigenvalue weighted by Crippen LogP contribution is -2.24. The molecule has 0 aromatic carbocycles. The maximum absolute atomic E-state index is 10.7. The second-order valence-electron chi connectivity index (χ2n) is 2.27. The highest BCUT2D eigenvalue weighted by Crippen LogP contribution is 2.53. The highest BCUT2D eigenvalue weighted by Gasteiger charge is 2.35. The Morgan fingerprint density at radius 2 is 2.20 bits per heavy atom. The van der Waals surface area contributed by atoms with Crippen molar-refractivity contribution in [1.29, 1.82) is 0 Å². The number of nitrogens with zero attached hydrogens (tertiary/aromatic N) is 1. The average Bonchev–Trinajstić information content (AvgIpc) is 1.86. The summed E-state index contributed by atoms with van der Waals surface area (Å²) in [7, 11) is -0.633. The second kappa shape index (κ2) is 3.56. The largest absolute Gasteiger partial charge is 0.272 e. The fourth-order valence-corrected chi connectivity index (χ4v) is 1.76. The van der Waals surface area contributed by atoms with Crippen LogP contribution in [0.3, 0.4) is 0 Å². The molecule has 0 radical (unpaired) electrons. The first-order valence-electron chi connectivity index (χ1n) is 2.85. The van der Waals surface area contributed by atoms with Crippen molar-refractivity contribution >= 4 is 26.2 Å². The van der Waals surface area contributed by atoms with Crippen molar-refractivity contribution in [2.45, 2.75) is 6.92 Å². The molecule has 0 rings (SSSR count). The van der Waals surface area contributed by atoms with E-state index in [0.29, 0.717) is 5.49 Å². The van der Waals surface area contributed by atoms with Crippen LogP contribution in [0.15, 0.2) is 0 Å². The van der Waals surface area contributed by atoms with E-state index >= 15 is 0 Å². The van der Waals surface area contributed by atoms with Gasteiger partial charge in [-0.1, -0.05) is 0 Å². The van der Waals surface area contributed by atoms with E-state index in [1.54, 1.807) is 13.7 Å². The summed E-state index contributed by atoms with van der Waals surface area (Å²) in [6.45, 7) is 3.08. The first kappa shape index (κ1) is 10.2. The van der Waals surface area contributed by atoms with Gasteiger partial charge in [-0.15, -0.1) is 12.6 Å². The van der Waals surface area contributed by atoms with Crippen molar-refractivity contribution in [3.63, 3.8) is 0 Å². The molecule has 0 saturated carbocycles. The fourth-order valence-electron chi connectivity index (χ4n) is 0.398. The number of rotatable bonds is 2. The molecule has 0 aliphatic carbocycles. The molecule has 5 heteroatoms. The predicted octanol–water partition coefficient (Wildman–Crippen LogP) is 0.822. The molecule has 0 spiro atoms. The third-order valence-corrected chi connectivity index (χ3v) is 5.09. The molecule has 0 heterocycles. The van der Waals surface area contributed by atoms with Crippen molar-refractivity contribution in [2.75, 3.05) is 19.2 Å². The smallest absolute Gasteiger partial charge is 0.252 e. The third kappa shape index (κ3) is 2.45. The van der Waals surface area contributed by atoms with Crippen LogP contribution in [-0.4, -0.2) is 34.7 Å². The Morgan fingerprint density at radius 3 is 2.30 bits per heavy atom. The van der Waals surface area contributed by atoms with E-state index in [1.807, 2.05) is 0 Å². The van der Waals surface area contributed by atoms with Crippen molar-refractivity contribution in [1.82, 2.24) is 4.67 Å². The molecule has 60 valence electrons. The predicted molar refractivity (Wildman–Crippen MR) is 47.4 cm³/mol. The zero-order valence-electron chi connectivity index (χ0n) is 6.40. The molecule has 0 bridgehead atoms. The van der Waals surface area contributed by atoms with Gasteiger partial charge in [0, 0.05) is 14.0 Å². The first-order chi connectivity index (χ1) is 4.41. The van der Waals surface area contributed by atoms with Gasteiger partial charge in [-0.25, -0.2) is 4.89 Å². The molecular weight excluding hydrogens is 169 g/mol. The Hall–Kier alpha value is 0.210. The number of thiol groups is 1. The van der Waals surface area contributed by atoms with E-state index in [9.17, 15) is 9.69 Å². The Labute approximate surface area is 67.3 Å². The minimum Gasteiger partial charge on any atom is -0.272 e. The van der Waals surface area contributed by atoms with Crippen LogP contribution in [-0.2, 0) is 4.79 Å². The van der Waals surface area contributed by atoms with Gasteiger partial charge in [0.25, 0.3) is 5.91 Å². The minimum atomic E-state index is -2.22. The van der Waals surface area contributed by atoms with Crippen LogP contribution >= 0.6 is 20.3 Å². The molecule has 1 unspecified atom stereocenters. The van der Waals surface area contributed by atoms with Crippen molar-refractivity contribution in [3.8, 4) is 0 Å². The Balaban J connectivity index is 4.17. The quantitative estimate of drug-likeness (QED) is 0.490. The molecule has 3 nitrogen and oxygen atoms in total. The van der Waals surface area contributed by atoms with Crippen molar-refractivity contribution < 1.29 is 9.69 Å². The Kier molecular flexibility index (Phi) is 3.63. The van der Waals surface area contributed by atoms with Gasteiger partial charge >= 0.3 is 0 Å². The van der Waals surface area contributed by atoms with Crippen molar-refractivity contribution in [3.05, 3.63) is 0 Å². The zero-order chi connectivity index (χ0) is 8.36. The van der Waals surface area contributed by atoms with Gasteiger partial charge in [-0.2, -0.15) is 4.67 Å². The molecule has 0 aromatic heterocycles. The molecule has 0 fully saturated rings. The van der Waals surface area contributed by atoms with Gasteiger partial charge in [0.1, 0.15) is 5.49 Å². The molecule has 10 heavy (non-hydrogen) atoms. The fraction of sp³-hybridized carbons (Fsp3) is 0.800. The molecule has 1 N–H and O–H groups in total. The van der Waals surface area contributed by atoms with E-state index in [0.717, 1.165) is 0 Å². The summed E-state index contributed by atoms with van der Waals surface area (Å²) in [5, 5.41) is 0. The summed E-state index contributed by atoms with van der Waals surface area (Å²) < 4.78 is 1.36. The van der Waals surface area contributed by atoms with E-state index in [1.165, 1.54) is 11.6 Å². The summed E-state index contributed by atoms with van der Waals surface area (Å²) in [5.74, 6) is -0.118. The maximum atomic E-state index is 10.7. The molecule has 0 aromatic rings. The maximum Gasteiger partial charge on any atom is 0.252 e. The minimum absolute atomic E-state index is 0.118. The normalized spacial score (nSPS) is 16.1. The average molecular weight is 182 g/mol. The highest BCUT2D eigenvalue weighted by molar-refractivity contribution is 7.92. The lowest BCUT2D eigenvalue weighted by molar-refractivity contribution is -0.123. The Bertz CT molecular complexity index is 140. The lowest BCUT2D eigenvalue weighted by Gasteiger charge is -2.21. The van der Waals surface area contributed by atoms with Gasteiger partial charge in [-0.3, -0.25) is 4.79 Å². The summed E-state index contributed by atoms with van der Waals surface area (Å²) in [6.07, 6.45) is 0. The standard InChI is InChI=1S/C5H12NO2PS/c1-5(7)6(2)9(3,8)4-10/h8H,4H2,1-3H3/p+1. The molecule has 1 amide bonds. The van der Waals surface area contributed by atoms with Crippen molar-refractivity contribution in [2.24, 2.45) is 0 Å². The second-order valence-corrected chi connectivity index (χ2v) is 6.18. The van der Waals surface area contributed by atoms with Crippen LogP contribution in [0.25, 0.3) is 0 Å².